The molecular weight excluding hydrogens is 182 g/mol. The van der Waals surface area contributed by atoms with Gasteiger partial charge in [-0.2, -0.15) is 5.26 Å². The molecule has 80 valence electrons. The van der Waals surface area contributed by atoms with Crippen LogP contribution in [0.5, 0.6) is 0 Å². The average molecular weight is 201 g/mol. The van der Waals surface area contributed by atoms with Crippen molar-refractivity contribution in [3.8, 4) is 6.07 Å². The third-order valence-electron chi connectivity index (χ3n) is 3.01. The number of nitrogens with zero attached hydrogens (tertiary/aromatic N) is 1. The fourth-order valence-corrected chi connectivity index (χ4v) is 1.68. The Morgan fingerprint density at radius 2 is 1.93 bits per heavy atom. The summed E-state index contributed by atoms with van der Waals surface area (Å²) in [7, 11) is 0. The van der Waals surface area contributed by atoms with Gasteiger partial charge >= 0.3 is 0 Å². The molecule has 0 aromatic heterocycles. The molecule has 0 N–H and O–H groups in total. The number of nitriles is 1. The Bertz CT molecular complexity index is 371. The first-order chi connectivity index (χ1) is 7.10. The van der Waals surface area contributed by atoms with Gasteiger partial charge in [0.15, 0.2) is 0 Å². The van der Waals surface area contributed by atoms with Crippen LogP contribution < -0.4 is 0 Å². The summed E-state index contributed by atoms with van der Waals surface area (Å²) in [4.78, 5) is 0. The van der Waals surface area contributed by atoms with Crippen molar-refractivity contribution < 1.29 is 0 Å². The van der Waals surface area contributed by atoms with Gasteiger partial charge in [0.25, 0.3) is 0 Å². The number of benzene rings is 1. The molecule has 1 rings (SSSR count). The lowest BCUT2D eigenvalue weighted by atomic mass is 9.90. The highest BCUT2D eigenvalue weighted by atomic mass is 14.3. The second-order valence-corrected chi connectivity index (χ2v) is 4.42. The van der Waals surface area contributed by atoms with E-state index in [1.165, 1.54) is 11.1 Å². The molecule has 0 spiro atoms. The van der Waals surface area contributed by atoms with Crippen LogP contribution in [-0.2, 0) is 0 Å². The number of rotatable bonds is 3. The van der Waals surface area contributed by atoms with Gasteiger partial charge in [0.2, 0.25) is 0 Å². The van der Waals surface area contributed by atoms with Gasteiger partial charge in [0.1, 0.15) is 0 Å². The molecule has 0 heterocycles. The Kier molecular flexibility index (Phi) is 3.91. The van der Waals surface area contributed by atoms with Crippen LogP contribution in [0.3, 0.4) is 0 Å². The van der Waals surface area contributed by atoms with Crippen molar-refractivity contribution in [2.75, 3.05) is 0 Å². The van der Waals surface area contributed by atoms with Gasteiger partial charge in [-0.3, -0.25) is 0 Å². The van der Waals surface area contributed by atoms with Crippen molar-refractivity contribution >= 4 is 0 Å². The maximum absolute atomic E-state index is 9.12. The van der Waals surface area contributed by atoms with Gasteiger partial charge in [0.05, 0.1) is 11.6 Å². The summed E-state index contributed by atoms with van der Waals surface area (Å²) in [6.07, 6.45) is 1.08. The van der Waals surface area contributed by atoms with Crippen molar-refractivity contribution in [1.29, 1.82) is 5.26 Å². The van der Waals surface area contributed by atoms with Gasteiger partial charge in [-0.25, -0.2) is 0 Å². The molecule has 0 amide bonds. The number of hydrogen-bond donors (Lipinski definition) is 0. The van der Waals surface area contributed by atoms with Crippen LogP contribution in [0.2, 0.25) is 0 Å². The Balaban J connectivity index is 3.16. The predicted molar refractivity (Wildman–Crippen MR) is 64.0 cm³/mol. The molecule has 0 aliphatic heterocycles. The summed E-state index contributed by atoms with van der Waals surface area (Å²) in [6.45, 7) is 8.63. The van der Waals surface area contributed by atoms with E-state index in [0.29, 0.717) is 11.8 Å². The molecular formula is C14H19N. The molecule has 0 saturated carbocycles. The van der Waals surface area contributed by atoms with Crippen LogP contribution in [0.1, 0.15) is 62.6 Å². The third-order valence-corrected chi connectivity index (χ3v) is 3.01. The number of hydrogen-bond acceptors (Lipinski definition) is 1. The molecule has 15 heavy (non-hydrogen) atoms. The summed E-state index contributed by atoms with van der Waals surface area (Å²) in [5, 5.41) is 9.12. The monoisotopic (exact) mass is 201 g/mol. The summed E-state index contributed by atoms with van der Waals surface area (Å²) < 4.78 is 0. The largest absolute Gasteiger partial charge is 0.192 e. The van der Waals surface area contributed by atoms with E-state index in [2.05, 4.69) is 45.9 Å². The molecule has 1 aromatic rings. The van der Waals surface area contributed by atoms with Crippen molar-refractivity contribution in [3.05, 3.63) is 34.9 Å². The van der Waals surface area contributed by atoms with Gasteiger partial charge in [-0.1, -0.05) is 39.8 Å². The Morgan fingerprint density at radius 3 is 2.40 bits per heavy atom. The first-order valence-electron chi connectivity index (χ1n) is 5.64. The highest BCUT2D eigenvalue weighted by Gasteiger charge is 2.10. The molecule has 1 unspecified atom stereocenters. The second kappa shape index (κ2) is 4.98. The van der Waals surface area contributed by atoms with E-state index in [0.717, 1.165) is 12.0 Å². The fourth-order valence-electron chi connectivity index (χ4n) is 1.68. The molecule has 0 saturated heterocycles. The van der Waals surface area contributed by atoms with Crippen LogP contribution in [-0.4, -0.2) is 0 Å². The zero-order valence-corrected chi connectivity index (χ0v) is 10.0. The SMILES string of the molecule is CCC(C)c1ccc(C(C)C)cc1C#N. The van der Waals surface area contributed by atoms with E-state index >= 15 is 0 Å². The molecule has 0 radical (unpaired) electrons. The highest BCUT2D eigenvalue weighted by Crippen LogP contribution is 2.25. The zero-order valence-electron chi connectivity index (χ0n) is 10.0. The summed E-state index contributed by atoms with van der Waals surface area (Å²) in [5.74, 6) is 0.962. The third kappa shape index (κ3) is 2.59. The van der Waals surface area contributed by atoms with E-state index in [1.807, 2.05) is 6.07 Å². The van der Waals surface area contributed by atoms with Gasteiger partial charge in [0, 0.05) is 0 Å². The molecule has 1 atom stereocenters. The van der Waals surface area contributed by atoms with E-state index in [4.69, 9.17) is 5.26 Å². The standard InChI is InChI=1S/C14H19N/c1-5-11(4)14-7-6-12(10(2)3)8-13(14)9-15/h6-8,10-11H,5H2,1-4H3. The Hall–Kier alpha value is -1.29. The average Bonchev–Trinajstić information content (AvgIpc) is 2.27. The first kappa shape index (κ1) is 11.8. The topological polar surface area (TPSA) is 23.8 Å². The normalized spacial score (nSPS) is 12.5. The first-order valence-corrected chi connectivity index (χ1v) is 5.64. The van der Waals surface area contributed by atoms with Crippen LogP contribution in [0.4, 0.5) is 0 Å². The molecule has 1 nitrogen and oxygen atoms in total. The molecule has 0 bridgehead atoms. The molecule has 1 heteroatoms. The quantitative estimate of drug-likeness (QED) is 0.719. The van der Waals surface area contributed by atoms with Crippen LogP contribution in [0, 0.1) is 11.3 Å². The molecule has 1 aromatic carbocycles. The predicted octanol–water partition coefficient (Wildman–Crippen LogP) is 4.20. The van der Waals surface area contributed by atoms with Crippen molar-refractivity contribution in [1.82, 2.24) is 0 Å². The molecule has 0 aliphatic carbocycles. The van der Waals surface area contributed by atoms with Gasteiger partial charge in [-0.05, 0) is 35.4 Å². The fraction of sp³-hybridized carbons (Fsp3) is 0.500. The van der Waals surface area contributed by atoms with E-state index in [1.54, 1.807) is 0 Å². The Morgan fingerprint density at radius 1 is 1.27 bits per heavy atom. The van der Waals surface area contributed by atoms with Gasteiger partial charge < -0.3 is 0 Å². The van der Waals surface area contributed by atoms with Crippen molar-refractivity contribution in [2.45, 2.75) is 46.0 Å². The smallest absolute Gasteiger partial charge is 0.0994 e. The minimum absolute atomic E-state index is 0.473. The lowest BCUT2D eigenvalue weighted by molar-refractivity contribution is 0.729. The van der Waals surface area contributed by atoms with Crippen LogP contribution in [0.15, 0.2) is 18.2 Å². The maximum Gasteiger partial charge on any atom is 0.0994 e. The Labute approximate surface area is 92.7 Å². The summed E-state index contributed by atoms with van der Waals surface area (Å²) >= 11 is 0. The summed E-state index contributed by atoms with van der Waals surface area (Å²) in [5.41, 5.74) is 3.28. The zero-order chi connectivity index (χ0) is 11.4. The van der Waals surface area contributed by atoms with Crippen LogP contribution in [0.25, 0.3) is 0 Å². The van der Waals surface area contributed by atoms with E-state index in [9.17, 15) is 0 Å². The van der Waals surface area contributed by atoms with Crippen molar-refractivity contribution in [2.24, 2.45) is 0 Å². The minimum atomic E-state index is 0.473. The second-order valence-electron chi connectivity index (χ2n) is 4.42. The summed E-state index contributed by atoms with van der Waals surface area (Å²) in [6, 6.07) is 8.60. The molecule has 0 aliphatic rings. The van der Waals surface area contributed by atoms with E-state index in [-0.39, 0.29) is 0 Å². The van der Waals surface area contributed by atoms with Gasteiger partial charge in [-0.15, -0.1) is 0 Å². The highest BCUT2D eigenvalue weighted by molar-refractivity contribution is 5.43. The minimum Gasteiger partial charge on any atom is -0.192 e. The maximum atomic E-state index is 9.12. The lowest BCUT2D eigenvalue weighted by Crippen LogP contribution is -1.98. The molecule has 0 fully saturated rings. The van der Waals surface area contributed by atoms with Crippen LogP contribution >= 0.6 is 0 Å². The lowest BCUT2D eigenvalue weighted by Gasteiger charge is -2.13. The van der Waals surface area contributed by atoms with E-state index < -0.39 is 0 Å². The van der Waals surface area contributed by atoms with Crippen molar-refractivity contribution in [3.63, 3.8) is 0 Å².